The van der Waals surface area contributed by atoms with Crippen LogP contribution in [0.15, 0.2) is 29.2 Å². The minimum atomic E-state index is -3.82. The van der Waals surface area contributed by atoms with Crippen molar-refractivity contribution in [2.75, 3.05) is 6.54 Å². The van der Waals surface area contributed by atoms with Gasteiger partial charge in [-0.1, -0.05) is 13.3 Å². The summed E-state index contributed by atoms with van der Waals surface area (Å²) in [6, 6.07) is 4.82. The highest BCUT2D eigenvalue weighted by atomic mass is 32.2. The van der Waals surface area contributed by atoms with E-state index in [4.69, 9.17) is 5.11 Å². The number of rotatable bonds is 7. The van der Waals surface area contributed by atoms with Gasteiger partial charge < -0.3 is 10.4 Å². The number of hydrogen-bond acceptors (Lipinski definition) is 4. The molecule has 0 aliphatic rings. The summed E-state index contributed by atoms with van der Waals surface area (Å²) >= 11 is 0. The molecule has 0 saturated carbocycles. The van der Waals surface area contributed by atoms with Crippen LogP contribution in [0.5, 0.6) is 0 Å². The van der Waals surface area contributed by atoms with Crippen molar-refractivity contribution in [2.45, 2.75) is 36.8 Å². The predicted molar refractivity (Wildman–Crippen MR) is 78.0 cm³/mol. The molecule has 2 N–H and O–H groups in total. The molecule has 0 fully saturated rings. The molecule has 0 aliphatic carbocycles. The van der Waals surface area contributed by atoms with Gasteiger partial charge in [0.25, 0.3) is 0 Å². The molecule has 1 amide bonds. The first-order valence-corrected chi connectivity index (χ1v) is 8.20. The minimum absolute atomic E-state index is 0.00556. The van der Waals surface area contributed by atoms with Gasteiger partial charge in [0, 0.05) is 6.54 Å². The van der Waals surface area contributed by atoms with Crippen LogP contribution >= 0.6 is 0 Å². The minimum Gasteiger partial charge on any atom is -0.478 e. The zero-order valence-electron chi connectivity index (χ0n) is 12.0. The largest absolute Gasteiger partial charge is 0.478 e. The second kappa shape index (κ2) is 7.21. The maximum Gasteiger partial charge on any atom is 0.335 e. The van der Waals surface area contributed by atoms with Crippen LogP contribution in [-0.2, 0) is 14.6 Å². The van der Waals surface area contributed by atoms with Gasteiger partial charge in [0.1, 0.15) is 5.25 Å². The molecule has 1 aromatic rings. The van der Waals surface area contributed by atoms with Gasteiger partial charge in [-0.15, -0.1) is 0 Å². The number of carbonyl (C=O) groups is 2. The molecular formula is C14H19NO5S. The van der Waals surface area contributed by atoms with Gasteiger partial charge in [-0.2, -0.15) is 0 Å². The highest BCUT2D eigenvalue weighted by Gasteiger charge is 2.29. The predicted octanol–water partition coefficient (Wildman–Crippen LogP) is 1.46. The normalized spacial score (nSPS) is 12.7. The maximum atomic E-state index is 12.3. The third kappa shape index (κ3) is 4.29. The Kier molecular flexibility index (Phi) is 5.90. The number of hydrogen-bond donors (Lipinski definition) is 2. The Morgan fingerprint density at radius 3 is 2.29 bits per heavy atom. The van der Waals surface area contributed by atoms with E-state index in [1.807, 2.05) is 6.92 Å². The van der Waals surface area contributed by atoms with E-state index in [0.717, 1.165) is 12.8 Å². The molecule has 0 saturated heterocycles. The van der Waals surface area contributed by atoms with Gasteiger partial charge in [-0.3, -0.25) is 4.79 Å². The summed E-state index contributed by atoms with van der Waals surface area (Å²) in [6.07, 6.45) is 1.68. The fourth-order valence-corrected chi connectivity index (χ4v) is 2.95. The van der Waals surface area contributed by atoms with Crippen molar-refractivity contribution in [2.24, 2.45) is 0 Å². The topological polar surface area (TPSA) is 101 Å². The van der Waals surface area contributed by atoms with Crippen molar-refractivity contribution in [1.29, 1.82) is 0 Å². The van der Waals surface area contributed by atoms with Crippen molar-refractivity contribution < 1.29 is 23.1 Å². The van der Waals surface area contributed by atoms with Gasteiger partial charge in [0.15, 0.2) is 9.84 Å². The van der Waals surface area contributed by atoms with Crippen molar-refractivity contribution in [3.05, 3.63) is 29.8 Å². The van der Waals surface area contributed by atoms with Crippen molar-refractivity contribution >= 4 is 21.7 Å². The molecular weight excluding hydrogens is 294 g/mol. The number of carboxylic acids is 1. The van der Waals surface area contributed by atoms with Crippen LogP contribution in [0, 0.1) is 0 Å². The lowest BCUT2D eigenvalue weighted by Gasteiger charge is -2.13. The van der Waals surface area contributed by atoms with Crippen LogP contribution in [0.3, 0.4) is 0 Å². The van der Waals surface area contributed by atoms with E-state index in [-0.39, 0.29) is 10.5 Å². The Morgan fingerprint density at radius 1 is 1.24 bits per heavy atom. The lowest BCUT2D eigenvalue weighted by molar-refractivity contribution is -0.120. The van der Waals surface area contributed by atoms with E-state index < -0.39 is 27.0 Å². The van der Waals surface area contributed by atoms with Crippen LogP contribution in [0.2, 0.25) is 0 Å². The van der Waals surface area contributed by atoms with Crippen molar-refractivity contribution in [1.82, 2.24) is 5.32 Å². The maximum absolute atomic E-state index is 12.3. The van der Waals surface area contributed by atoms with Gasteiger partial charge >= 0.3 is 5.97 Å². The summed E-state index contributed by atoms with van der Waals surface area (Å²) in [6.45, 7) is 3.73. The van der Waals surface area contributed by atoms with Crippen LogP contribution in [0.1, 0.15) is 37.0 Å². The summed E-state index contributed by atoms with van der Waals surface area (Å²) in [5.41, 5.74) is -0.00556. The Labute approximate surface area is 124 Å². The van der Waals surface area contributed by atoms with Crippen LogP contribution < -0.4 is 5.32 Å². The smallest absolute Gasteiger partial charge is 0.335 e. The molecule has 1 atom stereocenters. The summed E-state index contributed by atoms with van der Waals surface area (Å²) in [5, 5.41) is 10.1. The number of carboxylic acid groups (broad SMARTS) is 1. The van der Waals surface area contributed by atoms with Crippen molar-refractivity contribution in [3.63, 3.8) is 0 Å². The molecule has 1 unspecified atom stereocenters. The summed E-state index contributed by atoms with van der Waals surface area (Å²) in [5.74, 6) is -1.69. The number of unbranched alkanes of at least 4 members (excludes halogenated alkanes) is 1. The zero-order valence-corrected chi connectivity index (χ0v) is 12.8. The first-order chi connectivity index (χ1) is 9.80. The van der Waals surface area contributed by atoms with Crippen LogP contribution in [0.25, 0.3) is 0 Å². The Balaban J connectivity index is 2.88. The number of benzene rings is 1. The Morgan fingerprint density at radius 2 is 1.81 bits per heavy atom. The summed E-state index contributed by atoms with van der Waals surface area (Å²) in [7, 11) is -3.82. The molecule has 0 spiro atoms. The zero-order chi connectivity index (χ0) is 16.0. The van der Waals surface area contributed by atoms with E-state index in [9.17, 15) is 18.0 Å². The Hall–Kier alpha value is -1.89. The average Bonchev–Trinajstić information content (AvgIpc) is 2.46. The van der Waals surface area contributed by atoms with Gasteiger partial charge in [0.05, 0.1) is 10.5 Å². The monoisotopic (exact) mass is 313 g/mol. The fraction of sp³-hybridized carbons (Fsp3) is 0.429. The molecule has 1 rings (SSSR count). The van der Waals surface area contributed by atoms with Crippen LogP contribution in [0.4, 0.5) is 0 Å². The van der Waals surface area contributed by atoms with E-state index in [2.05, 4.69) is 5.32 Å². The van der Waals surface area contributed by atoms with Gasteiger partial charge in [-0.05, 0) is 37.6 Å². The standard InChI is InChI=1S/C14H19NO5S/c1-3-4-9-15-13(16)10(2)21(19,20)12-7-5-11(6-8-12)14(17)18/h5-8,10H,3-4,9H2,1-2H3,(H,15,16)(H,17,18). The van der Waals surface area contributed by atoms with Crippen LogP contribution in [-0.4, -0.2) is 37.2 Å². The molecule has 116 valence electrons. The quantitative estimate of drug-likeness (QED) is 0.742. The third-order valence-corrected chi connectivity index (χ3v) is 5.17. The number of aromatic carboxylic acids is 1. The summed E-state index contributed by atoms with van der Waals surface area (Å²) < 4.78 is 24.6. The number of amides is 1. The highest BCUT2D eigenvalue weighted by molar-refractivity contribution is 7.92. The lowest BCUT2D eigenvalue weighted by atomic mass is 10.2. The SMILES string of the molecule is CCCCNC(=O)C(C)S(=O)(=O)c1ccc(C(=O)O)cc1. The molecule has 6 nitrogen and oxygen atoms in total. The first-order valence-electron chi connectivity index (χ1n) is 6.65. The van der Waals surface area contributed by atoms with E-state index >= 15 is 0 Å². The Bertz CT molecular complexity index is 607. The molecule has 0 bridgehead atoms. The van der Waals surface area contributed by atoms with Crippen molar-refractivity contribution in [3.8, 4) is 0 Å². The van der Waals surface area contributed by atoms with Gasteiger partial charge in [-0.25, -0.2) is 13.2 Å². The molecule has 21 heavy (non-hydrogen) atoms. The second-order valence-electron chi connectivity index (χ2n) is 4.66. The molecule has 0 aliphatic heterocycles. The van der Waals surface area contributed by atoms with E-state index in [0.29, 0.717) is 6.54 Å². The number of carbonyl (C=O) groups excluding carboxylic acids is 1. The average molecular weight is 313 g/mol. The number of sulfone groups is 1. The van der Waals surface area contributed by atoms with E-state index in [1.54, 1.807) is 0 Å². The highest BCUT2D eigenvalue weighted by Crippen LogP contribution is 2.17. The molecule has 0 aromatic heterocycles. The third-order valence-electron chi connectivity index (χ3n) is 3.09. The van der Waals surface area contributed by atoms with Gasteiger partial charge in [0.2, 0.25) is 5.91 Å². The molecule has 0 radical (unpaired) electrons. The van der Waals surface area contributed by atoms with E-state index in [1.165, 1.54) is 31.2 Å². The lowest BCUT2D eigenvalue weighted by Crippen LogP contribution is -2.38. The number of nitrogens with one attached hydrogen (secondary N) is 1. The summed E-state index contributed by atoms with van der Waals surface area (Å²) in [4.78, 5) is 22.5. The molecule has 0 heterocycles. The molecule has 7 heteroatoms. The molecule has 1 aromatic carbocycles. The first kappa shape index (κ1) is 17.2. The fourth-order valence-electron chi connectivity index (χ4n) is 1.66. The second-order valence-corrected chi connectivity index (χ2v) is 6.93.